The SMILES string of the molecule is CCCCc1c(C)nc(-c2ccc(Cl)cc2)nc1N1CCC(O)CC1. The van der Waals surface area contributed by atoms with Crippen LogP contribution in [0.1, 0.15) is 43.9 Å². The van der Waals surface area contributed by atoms with Crippen LogP contribution in [0.4, 0.5) is 5.82 Å². The molecule has 25 heavy (non-hydrogen) atoms. The number of piperidine rings is 1. The van der Waals surface area contributed by atoms with Gasteiger partial charge in [-0.1, -0.05) is 24.9 Å². The van der Waals surface area contributed by atoms with E-state index in [1.54, 1.807) is 0 Å². The average molecular weight is 360 g/mol. The Morgan fingerprint density at radius 2 is 1.84 bits per heavy atom. The van der Waals surface area contributed by atoms with Crippen LogP contribution < -0.4 is 4.90 Å². The van der Waals surface area contributed by atoms with Crippen molar-refractivity contribution in [2.24, 2.45) is 0 Å². The molecule has 0 amide bonds. The van der Waals surface area contributed by atoms with Gasteiger partial charge in [0.05, 0.1) is 6.10 Å². The number of halogens is 1. The first-order valence-electron chi connectivity index (χ1n) is 9.15. The van der Waals surface area contributed by atoms with E-state index < -0.39 is 0 Å². The Hall–Kier alpha value is -1.65. The number of nitrogens with zero attached hydrogens (tertiary/aromatic N) is 3. The van der Waals surface area contributed by atoms with Gasteiger partial charge in [-0.15, -0.1) is 0 Å². The van der Waals surface area contributed by atoms with Crippen LogP contribution in [-0.2, 0) is 6.42 Å². The van der Waals surface area contributed by atoms with Crippen LogP contribution in [0.3, 0.4) is 0 Å². The Morgan fingerprint density at radius 1 is 1.16 bits per heavy atom. The fourth-order valence-corrected chi connectivity index (χ4v) is 3.42. The molecule has 1 aliphatic rings. The van der Waals surface area contributed by atoms with Gasteiger partial charge in [0.1, 0.15) is 5.82 Å². The van der Waals surface area contributed by atoms with Crippen molar-refractivity contribution >= 4 is 17.4 Å². The van der Waals surface area contributed by atoms with E-state index in [4.69, 9.17) is 21.6 Å². The molecule has 0 aliphatic carbocycles. The lowest BCUT2D eigenvalue weighted by molar-refractivity contribution is 0.145. The number of aromatic nitrogens is 2. The highest BCUT2D eigenvalue weighted by Gasteiger charge is 2.22. The molecule has 5 heteroatoms. The zero-order valence-corrected chi connectivity index (χ0v) is 15.8. The second-order valence-electron chi connectivity index (χ2n) is 6.76. The molecule has 1 aromatic carbocycles. The quantitative estimate of drug-likeness (QED) is 0.859. The monoisotopic (exact) mass is 359 g/mol. The summed E-state index contributed by atoms with van der Waals surface area (Å²) in [6.07, 6.45) is 4.69. The highest BCUT2D eigenvalue weighted by atomic mass is 35.5. The predicted molar refractivity (Wildman–Crippen MR) is 103 cm³/mol. The molecule has 1 aliphatic heterocycles. The Bertz CT molecular complexity index is 710. The maximum absolute atomic E-state index is 9.83. The van der Waals surface area contributed by atoms with Gasteiger partial charge in [0.25, 0.3) is 0 Å². The minimum absolute atomic E-state index is 0.186. The van der Waals surface area contributed by atoms with Gasteiger partial charge in [0, 0.05) is 34.9 Å². The summed E-state index contributed by atoms with van der Waals surface area (Å²) < 4.78 is 0. The third kappa shape index (κ3) is 4.31. The van der Waals surface area contributed by atoms with E-state index in [0.717, 1.165) is 68.1 Å². The smallest absolute Gasteiger partial charge is 0.161 e. The van der Waals surface area contributed by atoms with E-state index in [9.17, 15) is 5.11 Å². The van der Waals surface area contributed by atoms with Crippen molar-refractivity contribution in [3.05, 3.63) is 40.5 Å². The summed E-state index contributed by atoms with van der Waals surface area (Å²) in [5, 5.41) is 10.5. The molecule has 4 nitrogen and oxygen atoms in total. The molecule has 1 aromatic heterocycles. The molecule has 0 atom stereocenters. The number of aryl methyl sites for hydroxylation is 1. The lowest BCUT2D eigenvalue weighted by atomic mass is 10.0. The second-order valence-corrected chi connectivity index (χ2v) is 7.20. The molecule has 0 radical (unpaired) electrons. The summed E-state index contributed by atoms with van der Waals surface area (Å²) >= 11 is 6.01. The Kier molecular flexibility index (Phi) is 5.92. The summed E-state index contributed by atoms with van der Waals surface area (Å²) in [6.45, 7) is 5.97. The molecule has 3 rings (SSSR count). The van der Waals surface area contributed by atoms with E-state index in [-0.39, 0.29) is 6.10 Å². The van der Waals surface area contributed by atoms with Crippen LogP contribution in [0.5, 0.6) is 0 Å². The van der Waals surface area contributed by atoms with Gasteiger partial charge in [-0.25, -0.2) is 9.97 Å². The van der Waals surface area contributed by atoms with Gasteiger partial charge in [-0.05, 0) is 56.9 Å². The van der Waals surface area contributed by atoms with Gasteiger partial charge in [-0.3, -0.25) is 0 Å². The van der Waals surface area contributed by atoms with Crippen molar-refractivity contribution in [1.82, 2.24) is 9.97 Å². The Morgan fingerprint density at radius 3 is 2.48 bits per heavy atom. The number of rotatable bonds is 5. The first-order chi connectivity index (χ1) is 12.1. The lowest BCUT2D eigenvalue weighted by Crippen LogP contribution is -2.37. The van der Waals surface area contributed by atoms with E-state index in [0.29, 0.717) is 5.02 Å². The number of aliphatic hydroxyl groups excluding tert-OH is 1. The number of aliphatic hydroxyl groups is 1. The summed E-state index contributed by atoms with van der Waals surface area (Å²) in [4.78, 5) is 12.0. The molecule has 1 fully saturated rings. The molecule has 0 saturated carbocycles. The summed E-state index contributed by atoms with van der Waals surface area (Å²) in [7, 11) is 0. The van der Waals surface area contributed by atoms with Crippen molar-refractivity contribution in [2.75, 3.05) is 18.0 Å². The zero-order chi connectivity index (χ0) is 17.8. The van der Waals surface area contributed by atoms with Crippen molar-refractivity contribution in [2.45, 2.75) is 52.1 Å². The minimum atomic E-state index is -0.186. The van der Waals surface area contributed by atoms with Crippen molar-refractivity contribution < 1.29 is 5.11 Å². The zero-order valence-electron chi connectivity index (χ0n) is 15.0. The number of anilines is 1. The molecule has 0 bridgehead atoms. The first kappa shape index (κ1) is 18.2. The van der Waals surface area contributed by atoms with Crippen LogP contribution >= 0.6 is 11.6 Å². The number of benzene rings is 1. The van der Waals surface area contributed by atoms with E-state index in [2.05, 4.69) is 18.7 Å². The van der Waals surface area contributed by atoms with Crippen LogP contribution in [0.15, 0.2) is 24.3 Å². The standard InChI is InChI=1S/C20H26ClN3O/c1-3-4-5-18-14(2)22-19(15-6-8-16(21)9-7-15)23-20(18)24-12-10-17(25)11-13-24/h6-9,17,25H,3-5,10-13H2,1-2H3. The molecule has 0 unspecified atom stereocenters. The van der Waals surface area contributed by atoms with Crippen LogP contribution in [0.2, 0.25) is 5.02 Å². The van der Waals surface area contributed by atoms with E-state index in [1.165, 1.54) is 5.56 Å². The van der Waals surface area contributed by atoms with Gasteiger partial charge >= 0.3 is 0 Å². The highest BCUT2D eigenvalue weighted by molar-refractivity contribution is 6.30. The molecule has 134 valence electrons. The Labute approximate surface area is 154 Å². The number of hydrogen-bond acceptors (Lipinski definition) is 4. The summed E-state index contributed by atoms with van der Waals surface area (Å²) in [5.41, 5.74) is 3.28. The molecule has 2 aromatic rings. The maximum Gasteiger partial charge on any atom is 0.161 e. The summed E-state index contributed by atoms with van der Waals surface area (Å²) in [6, 6.07) is 7.67. The van der Waals surface area contributed by atoms with Crippen molar-refractivity contribution in [1.29, 1.82) is 0 Å². The van der Waals surface area contributed by atoms with Gasteiger partial charge < -0.3 is 10.0 Å². The second kappa shape index (κ2) is 8.15. The van der Waals surface area contributed by atoms with E-state index in [1.807, 2.05) is 24.3 Å². The summed E-state index contributed by atoms with van der Waals surface area (Å²) in [5.74, 6) is 1.79. The molecule has 2 heterocycles. The fraction of sp³-hybridized carbons (Fsp3) is 0.500. The largest absolute Gasteiger partial charge is 0.393 e. The molecule has 1 saturated heterocycles. The Balaban J connectivity index is 2.00. The first-order valence-corrected chi connectivity index (χ1v) is 9.52. The fourth-order valence-electron chi connectivity index (χ4n) is 3.29. The van der Waals surface area contributed by atoms with Gasteiger partial charge in [0.2, 0.25) is 0 Å². The molecule has 1 N–H and O–H groups in total. The normalized spacial score (nSPS) is 15.6. The van der Waals surface area contributed by atoms with Crippen molar-refractivity contribution in [3.63, 3.8) is 0 Å². The lowest BCUT2D eigenvalue weighted by Gasteiger charge is -2.32. The van der Waals surface area contributed by atoms with Crippen LogP contribution in [-0.4, -0.2) is 34.3 Å². The molecule has 0 spiro atoms. The average Bonchev–Trinajstić information content (AvgIpc) is 2.61. The van der Waals surface area contributed by atoms with Gasteiger partial charge in [-0.2, -0.15) is 0 Å². The predicted octanol–water partition coefficient (Wildman–Crippen LogP) is 4.41. The third-order valence-electron chi connectivity index (χ3n) is 4.84. The maximum atomic E-state index is 9.83. The minimum Gasteiger partial charge on any atom is -0.393 e. The number of hydrogen-bond donors (Lipinski definition) is 1. The topological polar surface area (TPSA) is 49.2 Å². The molecular formula is C20H26ClN3O. The van der Waals surface area contributed by atoms with Gasteiger partial charge in [0.15, 0.2) is 5.82 Å². The van der Waals surface area contributed by atoms with E-state index >= 15 is 0 Å². The van der Waals surface area contributed by atoms with Crippen LogP contribution in [0, 0.1) is 6.92 Å². The number of unbranched alkanes of at least 4 members (excludes halogenated alkanes) is 1. The van der Waals surface area contributed by atoms with Crippen molar-refractivity contribution in [3.8, 4) is 11.4 Å². The molecular weight excluding hydrogens is 334 g/mol. The third-order valence-corrected chi connectivity index (χ3v) is 5.09. The van der Waals surface area contributed by atoms with Crippen LogP contribution in [0.25, 0.3) is 11.4 Å². The highest BCUT2D eigenvalue weighted by Crippen LogP contribution is 2.29.